The van der Waals surface area contributed by atoms with E-state index in [2.05, 4.69) is 4.98 Å². The topological polar surface area (TPSA) is 59.2 Å². The number of carbonyl (C=O) groups excluding carboxylic acids is 1. The van der Waals surface area contributed by atoms with E-state index in [4.69, 9.17) is 4.74 Å². The zero-order valence-corrected chi connectivity index (χ0v) is 15.3. The summed E-state index contributed by atoms with van der Waals surface area (Å²) in [6.45, 7) is 0. The van der Waals surface area contributed by atoms with E-state index in [0.29, 0.717) is 23.2 Å². The summed E-state index contributed by atoms with van der Waals surface area (Å²) in [5.74, 6) is -10.6. The van der Waals surface area contributed by atoms with Gasteiger partial charge >= 0.3 is 0 Å². The molecular weight excluding hydrogens is 417 g/mol. The molecule has 0 radical (unpaired) electrons. The summed E-state index contributed by atoms with van der Waals surface area (Å²) >= 11 is 0.622. The average Bonchev–Trinajstić information content (AvgIpc) is 3.06. The normalized spacial score (nSPS) is 12.5. The quantitative estimate of drug-likeness (QED) is 0.302. The van der Waals surface area contributed by atoms with Gasteiger partial charge < -0.3 is 9.72 Å². The Bertz CT molecular complexity index is 1250. The molecule has 0 saturated heterocycles. The minimum absolute atomic E-state index is 0.0333. The number of methoxy groups -OCH3 is 1. The van der Waals surface area contributed by atoms with Crippen LogP contribution in [-0.2, 0) is 0 Å². The molecule has 1 heterocycles. The van der Waals surface area contributed by atoms with Gasteiger partial charge in [0.2, 0.25) is 5.82 Å². The van der Waals surface area contributed by atoms with Gasteiger partial charge in [-0.3, -0.25) is 9.59 Å². The van der Waals surface area contributed by atoms with Crippen molar-refractivity contribution in [1.29, 1.82) is 0 Å². The van der Waals surface area contributed by atoms with Crippen LogP contribution < -0.4 is 19.5 Å². The number of ketones is 1. The zero-order valence-electron chi connectivity index (χ0n) is 14.5. The van der Waals surface area contributed by atoms with Gasteiger partial charge in [0.15, 0.2) is 29.1 Å². The van der Waals surface area contributed by atoms with Crippen molar-refractivity contribution in [2.24, 2.45) is 0 Å². The van der Waals surface area contributed by atoms with Crippen LogP contribution in [0.25, 0.3) is 12.2 Å². The second-order valence-corrected chi connectivity index (χ2v) is 6.73. The third kappa shape index (κ3) is 3.97. The first-order valence-corrected chi connectivity index (χ1v) is 8.67. The SMILES string of the molecule is COc1ccc(C(=O)/C=c2\[nH]c(=O)/c(=C\c3c(F)c(F)c(F)c(F)c3F)s2)cc1. The maximum atomic E-state index is 13.8. The van der Waals surface area contributed by atoms with Crippen LogP contribution in [0.1, 0.15) is 15.9 Å². The average molecular weight is 427 g/mol. The Morgan fingerprint density at radius 2 is 1.52 bits per heavy atom. The summed E-state index contributed by atoms with van der Waals surface area (Å²) in [6.07, 6.45) is 1.61. The first kappa shape index (κ1) is 20.5. The highest BCUT2D eigenvalue weighted by Gasteiger charge is 2.24. The van der Waals surface area contributed by atoms with Crippen molar-refractivity contribution < 1.29 is 31.5 Å². The second-order valence-electron chi connectivity index (χ2n) is 5.65. The third-order valence-electron chi connectivity index (χ3n) is 3.84. The van der Waals surface area contributed by atoms with Crippen LogP contribution in [0.15, 0.2) is 29.1 Å². The lowest BCUT2D eigenvalue weighted by Crippen LogP contribution is -2.20. The molecule has 10 heteroatoms. The van der Waals surface area contributed by atoms with Crippen LogP contribution in [0.5, 0.6) is 5.75 Å². The summed E-state index contributed by atoms with van der Waals surface area (Å²) in [4.78, 5) is 26.5. The van der Waals surface area contributed by atoms with Crippen LogP contribution in [0.2, 0.25) is 0 Å². The Labute approximate surface area is 163 Å². The van der Waals surface area contributed by atoms with Crippen molar-refractivity contribution in [1.82, 2.24) is 4.98 Å². The van der Waals surface area contributed by atoms with E-state index in [-0.39, 0.29) is 14.8 Å². The van der Waals surface area contributed by atoms with E-state index in [0.717, 1.165) is 6.08 Å². The van der Waals surface area contributed by atoms with Crippen molar-refractivity contribution in [2.45, 2.75) is 0 Å². The number of aromatic nitrogens is 1. The number of rotatable bonds is 4. The van der Waals surface area contributed by atoms with Crippen LogP contribution in [0.3, 0.4) is 0 Å². The van der Waals surface area contributed by atoms with E-state index < -0.39 is 46.0 Å². The third-order valence-corrected chi connectivity index (χ3v) is 4.80. The Morgan fingerprint density at radius 3 is 2.07 bits per heavy atom. The molecule has 0 aliphatic rings. The Morgan fingerprint density at radius 1 is 0.966 bits per heavy atom. The van der Waals surface area contributed by atoms with Crippen molar-refractivity contribution in [3.63, 3.8) is 0 Å². The summed E-state index contributed by atoms with van der Waals surface area (Å²) in [5, 5.41) is 0. The minimum atomic E-state index is -2.30. The molecule has 0 fully saturated rings. The first-order chi connectivity index (χ1) is 13.7. The number of nitrogens with one attached hydrogen (secondary N) is 1. The summed E-state index contributed by atoms with van der Waals surface area (Å²) < 4.78 is 72.0. The van der Waals surface area contributed by atoms with Gasteiger partial charge in [0.1, 0.15) is 5.75 Å². The van der Waals surface area contributed by atoms with Gasteiger partial charge in [-0.25, -0.2) is 22.0 Å². The van der Waals surface area contributed by atoms with Crippen LogP contribution in [0, 0.1) is 29.1 Å². The molecule has 150 valence electrons. The molecule has 0 amide bonds. The van der Waals surface area contributed by atoms with Crippen LogP contribution in [0.4, 0.5) is 22.0 Å². The van der Waals surface area contributed by atoms with Gasteiger partial charge in [-0.05, 0) is 30.3 Å². The minimum Gasteiger partial charge on any atom is -0.497 e. The van der Waals surface area contributed by atoms with Gasteiger partial charge in [0, 0.05) is 11.6 Å². The number of aromatic amines is 1. The highest BCUT2D eigenvalue weighted by atomic mass is 32.1. The smallest absolute Gasteiger partial charge is 0.266 e. The van der Waals surface area contributed by atoms with Gasteiger partial charge in [-0.2, -0.15) is 0 Å². The lowest BCUT2D eigenvalue weighted by atomic mass is 10.1. The molecule has 1 aromatic heterocycles. The number of Topliss-reactive ketones (excluding diaryl/α,β-unsaturated/α-hetero) is 1. The lowest BCUT2D eigenvalue weighted by Gasteiger charge is -2.03. The monoisotopic (exact) mass is 427 g/mol. The summed E-state index contributed by atoms with van der Waals surface area (Å²) in [7, 11) is 1.46. The fraction of sp³-hybridized carbons (Fsp3) is 0.0526. The fourth-order valence-electron chi connectivity index (χ4n) is 2.36. The van der Waals surface area contributed by atoms with Crippen molar-refractivity contribution in [3.05, 3.63) is 84.0 Å². The molecule has 0 aliphatic carbocycles. The molecule has 2 aromatic carbocycles. The zero-order chi connectivity index (χ0) is 21.3. The Hall–Kier alpha value is -3.27. The van der Waals surface area contributed by atoms with E-state index >= 15 is 0 Å². The standard InChI is InChI=1S/C19H10F5NO3S/c1-28-9-4-2-8(3-5-9)11(26)7-13-25-19(27)12(29-13)6-10-14(20)16(22)18(24)17(23)15(10)21/h2-7H,1H3,(H,25,27)/b12-6+,13-7+. The number of carbonyl (C=O) groups is 1. The largest absolute Gasteiger partial charge is 0.497 e. The molecule has 3 rings (SSSR count). The maximum Gasteiger partial charge on any atom is 0.266 e. The van der Waals surface area contributed by atoms with E-state index in [1.54, 1.807) is 12.1 Å². The van der Waals surface area contributed by atoms with Gasteiger partial charge in [-0.15, -0.1) is 11.3 Å². The molecule has 3 aromatic rings. The van der Waals surface area contributed by atoms with E-state index in [9.17, 15) is 31.5 Å². The predicted molar refractivity (Wildman–Crippen MR) is 95.8 cm³/mol. The molecule has 1 N–H and O–H groups in total. The number of ether oxygens (including phenoxy) is 1. The number of hydrogen-bond acceptors (Lipinski definition) is 4. The van der Waals surface area contributed by atoms with Gasteiger partial charge in [0.25, 0.3) is 5.56 Å². The number of hydrogen-bond donors (Lipinski definition) is 1. The molecule has 0 saturated carbocycles. The summed E-state index contributed by atoms with van der Waals surface area (Å²) in [6, 6.07) is 6.09. The molecule has 0 atom stereocenters. The molecule has 0 aliphatic heterocycles. The number of halogens is 5. The Kier molecular flexibility index (Phi) is 5.64. The molecule has 4 nitrogen and oxygen atoms in total. The van der Waals surface area contributed by atoms with Crippen molar-refractivity contribution >= 4 is 29.3 Å². The number of thiazole rings is 1. The summed E-state index contributed by atoms with van der Waals surface area (Å²) in [5.41, 5.74) is -1.82. The highest BCUT2D eigenvalue weighted by molar-refractivity contribution is 7.07. The molecule has 29 heavy (non-hydrogen) atoms. The Balaban J connectivity index is 2.06. The molecule has 0 bridgehead atoms. The fourth-order valence-corrected chi connectivity index (χ4v) is 3.23. The van der Waals surface area contributed by atoms with Gasteiger partial charge in [-0.1, -0.05) is 0 Å². The second kappa shape index (κ2) is 8.00. The lowest BCUT2D eigenvalue weighted by molar-refractivity contribution is 0.106. The predicted octanol–water partition coefficient (Wildman–Crippen LogP) is 2.63. The highest BCUT2D eigenvalue weighted by Crippen LogP contribution is 2.23. The molecule has 0 unspecified atom stereocenters. The number of H-pyrrole nitrogens is 1. The van der Waals surface area contributed by atoms with E-state index in [1.165, 1.54) is 19.2 Å². The molecular formula is C19H10F5NO3S. The number of benzene rings is 2. The van der Waals surface area contributed by atoms with Crippen molar-refractivity contribution in [3.8, 4) is 5.75 Å². The maximum absolute atomic E-state index is 13.8. The van der Waals surface area contributed by atoms with Crippen LogP contribution in [-0.4, -0.2) is 17.9 Å². The van der Waals surface area contributed by atoms with Crippen LogP contribution >= 0.6 is 11.3 Å². The first-order valence-electron chi connectivity index (χ1n) is 7.85. The van der Waals surface area contributed by atoms with E-state index in [1.807, 2.05) is 0 Å². The molecule has 0 spiro atoms. The van der Waals surface area contributed by atoms with Gasteiger partial charge in [0.05, 0.1) is 21.9 Å². The van der Waals surface area contributed by atoms with Crippen molar-refractivity contribution in [2.75, 3.05) is 7.11 Å².